The Labute approximate surface area is 104 Å². The molecular formula is C14H24N2O. The van der Waals surface area contributed by atoms with Gasteiger partial charge >= 0.3 is 0 Å². The van der Waals surface area contributed by atoms with E-state index >= 15 is 0 Å². The molecule has 1 fully saturated rings. The van der Waals surface area contributed by atoms with Crippen LogP contribution in [-0.4, -0.2) is 37.1 Å². The summed E-state index contributed by atoms with van der Waals surface area (Å²) in [5, 5.41) is 3.48. The summed E-state index contributed by atoms with van der Waals surface area (Å²) in [6, 6.07) is 2.73. The lowest BCUT2D eigenvalue weighted by Gasteiger charge is -2.31. The predicted molar refractivity (Wildman–Crippen MR) is 70.2 cm³/mol. The lowest BCUT2D eigenvalue weighted by molar-refractivity contribution is 0.203. The molecular weight excluding hydrogens is 212 g/mol. The molecule has 2 rings (SSSR count). The van der Waals surface area contributed by atoms with Gasteiger partial charge in [-0.15, -0.1) is 0 Å². The van der Waals surface area contributed by atoms with E-state index in [0.29, 0.717) is 6.04 Å². The molecule has 0 aliphatic carbocycles. The van der Waals surface area contributed by atoms with Crippen molar-refractivity contribution in [1.29, 1.82) is 0 Å². The molecule has 3 nitrogen and oxygen atoms in total. The van der Waals surface area contributed by atoms with Gasteiger partial charge in [0, 0.05) is 25.7 Å². The molecule has 1 aliphatic heterocycles. The molecule has 3 heteroatoms. The molecule has 0 spiro atoms. The number of nitrogens with one attached hydrogen (secondary N) is 1. The Morgan fingerprint density at radius 2 is 2.35 bits per heavy atom. The maximum Gasteiger partial charge on any atom is 0.0934 e. The standard InChI is InChI=1S/C14H24N2O/c1-13-11-16(9-7-15-13)8-4-2-3-5-14-6-10-17-12-14/h6,10,12-13,15H,2-5,7-9,11H2,1H3. The monoisotopic (exact) mass is 236 g/mol. The third kappa shape index (κ3) is 4.52. The van der Waals surface area contributed by atoms with Gasteiger partial charge in [0.15, 0.2) is 0 Å². The molecule has 0 saturated carbocycles. The third-order valence-electron chi connectivity index (χ3n) is 3.47. The Kier molecular flexibility index (Phi) is 5.08. The number of aryl methyl sites for hydroxylation is 1. The Morgan fingerprint density at radius 3 is 3.12 bits per heavy atom. The molecule has 2 heterocycles. The highest BCUT2D eigenvalue weighted by Gasteiger charge is 2.14. The Balaban J connectivity index is 1.51. The van der Waals surface area contributed by atoms with Crippen molar-refractivity contribution in [2.24, 2.45) is 0 Å². The van der Waals surface area contributed by atoms with E-state index in [2.05, 4.69) is 23.2 Å². The van der Waals surface area contributed by atoms with Crippen molar-refractivity contribution in [3.8, 4) is 0 Å². The van der Waals surface area contributed by atoms with Crippen molar-refractivity contribution >= 4 is 0 Å². The Hall–Kier alpha value is -0.800. The van der Waals surface area contributed by atoms with Crippen molar-refractivity contribution in [2.75, 3.05) is 26.2 Å². The average Bonchev–Trinajstić information content (AvgIpc) is 2.82. The van der Waals surface area contributed by atoms with E-state index in [1.54, 1.807) is 6.26 Å². The van der Waals surface area contributed by atoms with Crippen LogP contribution in [0, 0.1) is 0 Å². The molecule has 0 aromatic carbocycles. The first-order chi connectivity index (χ1) is 8.34. The predicted octanol–water partition coefficient (Wildman–Crippen LogP) is 2.29. The highest BCUT2D eigenvalue weighted by molar-refractivity contribution is 5.04. The summed E-state index contributed by atoms with van der Waals surface area (Å²) in [6.45, 7) is 7.10. The third-order valence-corrected chi connectivity index (χ3v) is 3.47. The van der Waals surface area contributed by atoms with Crippen LogP contribution < -0.4 is 5.32 Å². The zero-order valence-corrected chi connectivity index (χ0v) is 10.8. The van der Waals surface area contributed by atoms with Crippen LogP contribution in [-0.2, 0) is 6.42 Å². The molecule has 1 aromatic heterocycles. The van der Waals surface area contributed by atoms with E-state index in [1.807, 2.05) is 6.26 Å². The SMILES string of the molecule is CC1CN(CCCCCc2ccoc2)CCN1. The minimum Gasteiger partial charge on any atom is -0.472 e. The van der Waals surface area contributed by atoms with Crippen LogP contribution in [0.2, 0.25) is 0 Å². The number of hydrogen-bond donors (Lipinski definition) is 1. The minimum absolute atomic E-state index is 0.662. The normalized spacial score (nSPS) is 21.8. The van der Waals surface area contributed by atoms with Crippen LogP contribution in [0.5, 0.6) is 0 Å². The van der Waals surface area contributed by atoms with Gasteiger partial charge in [0.25, 0.3) is 0 Å². The van der Waals surface area contributed by atoms with Crippen LogP contribution in [0.3, 0.4) is 0 Å². The van der Waals surface area contributed by atoms with Crippen LogP contribution in [0.25, 0.3) is 0 Å². The fourth-order valence-electron chi connectivity index (χ4n) is 2.49. The summed E-state index contributed by atoms with van der Waals surface area (Å²) in [7, 11) is 0. The summed E-state index contributed by atoms with van der Waals surface area (Å²) in [5.41, 5.74) is 1.33. The second-order valence-electron chi connectivity index (χ2n) is 5.10. The van der Waals surface area contributed by atoms with Crippen LogP contribution in [0.4, 0.5) is 0 Å². The number of furan rings is 1. The molecule has 1 saturated heterocycles. The maximum absolute atomic E-state index is 5.06. The first kappa shape index (κ1) is 12.7. The summed E-state index contributed by atoms with van der Waals surface area (Å²) >= 11 is 0. The first-order valence-corrected chi connectivity index (χ1v) is 6.81. The summed E-state index contributed by atoms with van der Waals surface area (Å²) in [6.07, 6.45) is 8.71. The molecule has 1 aromatic rings. The molecule has 1 aliphatic rings. The van der Waals surface area contributed by atoms with Crippen molar-refractivity contribution in [2.45, 2.75) is 38.6 Å². The number of hydrogen-bond acceptors (Lipinski definition) is 3. The zero-order valence-electron chi connectivity index (χ0n) is 10.8. The quantitative estimate of drug-likeness (QED) is 0.768. The van der Waals surface area contributed by atoms with E-state index in [-0.39, 0.29) is 0 Å². The number of unbranched alkanes of at least 4 members (excludes halogenated alkanes) is 2. The zero-order chi connectivity index (χ0) is 11.9. The van der Waals surface area contributed by atoms with Crippen molar-refractivity contribution in [3.05, 3.63) is 24.2 Å². The lowest BCUT2D eigenvalue weighted by Crippen LogP contribution is -2.49. The van der Waals surface area contributed by atoms with Crippen LogP contribution in [0.15, 0.2) is 23.0 Å². The van der Waals surface area contributed by atoms with Gasteiger partial charge in [-0.05, 0) is 44.4 Å². The number of piperazine rings is 1. The summed E-state index contributed by atoms with van der Waals surface area (Å²) in [4.78, 5) is 2.58. The second-order valence-corrected chi connectivity index (χ2v) is 5.10. The number of rotatable bonds is 6. The molecule has 96 valence electrons. The Bertz CT molecular complexity index is 297. The van der Waals surface area contributed by atoms with Gasteiger partial charge in [-0.1, -0.05) is 6.42 Å². The summed E-state index contributed by atoms with van der Waals surface area (Å²) in [5.74, 6) is 0. The molecule has 0 bridgehead atoms. The lowest BCUT2D eigenvalue weighted by atomic mass is 10.1. The maximum atomic E-state index is 5.06. The van der Waals surface area contributed by atoms with Gasteiger partial charge in [0.2, 0.25) is 0 Å². The molecule has 1 N–H and O–H groups in total. The molecule has 1 unspecified atom stereocenters. The second kappa shape index (κ2) is 6.82. The van der Waals surface area contributed by atoms with E-state index in [0.717, 1.165) is 13.0 Å². The largest absolute Gasteiger partial charge is 0.472 e. The minimum atomic E-state index is 0.662. The van der Waals surface area contributed by atoms with Gasteiger partial charge in [0.1, 0.15) is 0 Å². The molecule has 0 radical (unpaired) electrons. The highest BCUT2D eigenvalue weighted by atomic mass is 16.3. The van der Waals surface area contributed by atoms with Crippen molar-refractivity contribution in [3.63, 3.8) is 0 Å². The summed E-state index contributed by atoms with van der Waals surface area (Å²) < 4.78 is 5.06. The topological polar surface area (TPSA) is 28.4 Å². The van der Waals surface area contributed by atoms with Crippen LogP contribution in [0.1, 0.15) is 31.7 Å². The van der Waals surface area contributed by atoms with Crippen LogP contribution >= 0.6 is 0 Å². The molecule has 1 atom stereocenters. The first-order valence-electron chi connectivity index (χ1n) is 6.81. The van der Waals surface area contributed by atoms with Gasteiger partial charge in [0.05, 0.1) is 12.5 Å². The van der Waals surface area contributed by atoms with Gasteiger partial charge < -0.3 is 14.6 Å². The van der Waals surface area contributed by atoms with E-state index in [1.165, 1.54) is 44.5 Å². The number of nitrogens with zero attached hydrogens (tertiary/aromatic N) is 1. The van der Waals surface area contributed by atoms with Gasteiger partial charge in [-0.25, -0.2) is 0 Å². The highest BCUT2D eigenvalue weighted by Crippen LogP contribution is 2.08. The Morgan fingerprint density at radius 1 is 1.41 bits per heavy atom. The fourth-order valence-corrected chi connectivity index (χ4v) is 2.49. The van der Waals surface area contributed by atoms with Crippen molar-refractivity contribution < 1.29 is 4.42 Å². The average molecular weight is 236 g/mol. The van der Waals surface area contributed by atoms with Gasteiger partial charge in [-0.2, -0.15) is 0 Å². The smallest absolute Gasteiger partial charge is 0.0934 e. The van der Waals surface area contributed by atoms with E-state index in [4.69, 9.17) is 4.42 Å². The van der Waals surface area contributed by atoms with E-state index < -0.39 is 0 Å². The molecule has 17 heavy (non-hydrogen) atoms. The van der Waals surface area contributed by atoms with Gasteiger partial charge in [-0.3, -0.25) is 0 Å². The fraction of sp³-hybridized carbons (Fsp3) is 0.714. The molecule has 0 amide bonds. The van der Waals surface area contributed by atoms with E-state index in [9.17, 15) is 0 Å². The van der Waals surface area contributed by atoms with Crippen molar-refractivity contribution in [1.82, 2.24) is 10.2 Å².